The maximum atomic E-state index is 11.4. The minimum atomic E-state index is 0.0524. The molecule has 0 atom stereocenters. The maximum absolute atomic E-state index is 11.4. The average molecular weight is 358 g/mol. The maximum Gasteiger partial charge on any atom is 0.229 e. The number of carbonyl (C=O) groups excluding carboxylic acids is 1. The molecular formula is C22H22N4O. The number of hydrogen-bond acceptors (Lipinski definition) is 5. The van der Waals surface area contributed by atoms with Crippen LogP contribution in [0.2, 0.25) is 0 Å². The molecule has 0 aliphatic rings. The van der Waals surface area contributed by atoms with Gasteiger partial charge in [-0.15, -0.1) is 0 Å². The standard InChI is InChI=1S/C22H22N4O/c1-3-20(27)13-12-17-8-7-11-19(14-17)24-21-16(2)15-23-22(26-21)25-18-9-5-4-6-10-18/h3-11,14-15H,1,12-13H2,2H3,(H2,23,24,25,26). The Morgan fingerprint density at radius 1 is 1.07 bits per heavy atom. The Labute approximate surface area is 159 Å². The number of rotatable bonds is 8. The molecule has 0 aliphatic carbocycles. The number of nitrogens with zero attached hydrogens (tertiary/aromatic N) is 2. The largest absolute Gasteiger partial charge is 0.340 e. The summed E-state index contributed by atoms with van der Waals surface area (Å²) in [5, 5.41) is 6.54. The highest BCUT2D eigenvalue weighted by Gasteiger charge is 2.06. The molecule has 5 heteroatoms. The van der Waals surface area contributed by atoms with Crippen molar-refractivity contribution in [2.24, 2.45) is 0 Å². The molecule has 0 spiro atoms. The Kier molecular flexibility index (Phi) is 5.94. The summed E-state index contributed by atoms with van der Waals surface area (Å²) in [6.45, 7) is 5.47. The van der Waals surface area contributed by atoms with E-state index in [1.54, 1.807) is 6.20 Å². The Morgan fingerprint density at radius 2 is 1.85 bits per heavy atom. The summed E-state index contributed by atoms with van der Waals surface area (Å²) in [5.41, 5.74) is 3.89. The van der Waals surface area contributed by atoms with Gasteiger partial charge in [0.05, 0.1) is 0 Å². The number of aromatic nitrogens is 2. The SMILES string of the molecule is C=CC(=O)CCc1cccc(Nc2nc(Nc3ccccc3)ncc2C)c1. The lowest BCUT2D eigenvalue weighted by atomic mass is 10.1. The molecule has 2 N–H and O–H groups in total. The van der Waals surface area contributed by atoms with Gasteiger partial charge in [0.25, 0.3) is 0 Å². The quantitative estimate of drug-likeness (QED) is 0.557. The van der Waals surface area contributed by atoms with Gasteiger partial charge in [-0.05, 0) is 49.2 Å². The van der Waals surface area contributed by atoms with E-state index in [0.717, 1.165) is 28.3 Å². The lowest BCUT2D eigenvalue weighted by Crippen LogP contribution is -2.03. The van der Waals surface area contributed by atoms with Crippen molar-refractivity contribution in [1.82, 2.24) is 9.97 Å². The van der Waals surface area contributed by atoms with E-state index < -0.39 is 0 Å². The van der Waals surface area contributed by atoms with E-state index in [0.29, 0.717) is 18.8 Å². The third kappa shape index (κ3) is 5.25. The number of hydrogen-bond donors (Lipinski definition) is 2. The predicted octanol–water partition coefficient (Wildman–Crippen LogP) is 4.96. The van der Waals surface area contributed by atoms with Crippen molar-refractivity contribution >= 4 is 28.9 Å². The average Bonchev–Trinajstić information content (AvgIpc) is 2.70. The van der Waals surface area contributed by atoms with Crippen LogP contribution in [-0.2, 0) is 11.2 Å². The zero-order valence-electron chi connectivity index (χ0n) is 15.3. The first-order valence-corrected chi connectivity index (χ1v) is 8.81. The van der Waals surface area contributed by atoms with Crippen molar-refractivity contribution in [2.75, 3.05) is 10.6 Å². The molecule has 3 rings (SSSR count). The number of aryl methyl sites for hydroxylation is 2. The fraction of sp³-hybridized carbons (Fsp3) is 0.136. The molecule has 0 radical (unpaired) electrons. The van der Waals surface area contributed by atoms with E-state index >= 15 is 0 Å². The van der Waals surface area contributed by atoms with Crippen LogP contribution in [0.4, 0.5) is 23.1 Å². The third-order valence-electron chi connectivity index (χ3n) is 4.08. The molecule has 0 fully saturated rings. The van der Waals surface area contributed by atoms with Crippen molar-refractivity contribution < 1.29 is 4.79 Å². The third-order valence-corrected chi connectivity index (χ3v) is 4.08. The molecule has 0 amide bonds. The highest BCUT2D eigenvalue weighted by atomic mass is 16.1. The van der Waals surface area contributed by atoms with Gasteiger partial charge in [-0.2, -0.15) is 4.98 Å². The molecule has 0 unspecified atom stereocenters. The second-order valence-corrected chi connectivity index (χ2v) is 6.21. The molecule has 136 valence electrons. The van der Waals surface area contributed by atoms with Crippen molar-refractivity contribution in [1.29, 1.82) is 0 Å². The number of para-hydroxylation sites is 1. The van der Waals surface area contributed by atoms with Crippen LogP contribution < -0.4 is 10.6 Å². The summed E-state index contributed by atoms with van der Waals surface area (Å²) in [7, 11) is 0. The minimum absolute atomic E-state index is 0.0524. The first-order chi connectivity index (χ1) is 13.1. The van der Waals surface area contributed by atoms with Crippen LogP contribution in [-0.4, -0.2) is 15.8 Å². The lowest BCUT2D eigenvalue weighted by molar-refractivity contribution is -0.114. The van der Waals surface area contributed by atoms with Crippen molar-refractivity contribution in [3.63, 3.8) is 0 Å². The molecule has 1 aromatic heterocycles. The summed E-state index contributed by atoms with van der Waals surface area (Å²) >= 11 is 0. The van der Waals surface area contributed by atoms with Gasteiger partial charge in [-0.3, -0.25) is 4.79 Å². The van der Waals surface area contributed by atoms with E-state index in [9.17, 15) is 4.79 Å². The fourth-order valence-electron chi connectivity index (χ4n) is 2.59. The van der Waals surface area contributed by atoms with Crippen LogP contribution in [0.3, 0.4) is 0 Å². The van der Waals surface area contributed by atoms with Crippen LogP contribution in [0.1, 0.15) is 17.5 Å². The van der Waals surface area contributed by atoms with Gasteiger partial charge in [0.15, 0.2) is 5.78 Å². The van der Waals surface area contributed by atoms with Crippen molar-refractivity contribution in [3.05, 3.63) is 84.6 Å². The van der Waals surface area contributed by atoms with Crippen LogP contribution in [0, 0.1) is 6.92 Å². The van der Waals surface area contributed by atoms with Gasteiger partial charge in [0.1, 0.15) is 5.82 Å². The molecule has 27 heavy (non-hydrogen) atoms. The summed E-state index contributed by atoms with van der Waals surface area (Å²) in [4.78, 5) is 20.4. The molecule has 0 saturated carbocycles. The monoisotopic (exact) mass is 358 g/mol. The first kappa shape index (κ1) is 18.3. The van der Waals surface area contributed by atoms with E-state index in [1.165, 1.54) is 6.08 Å². The van der Waals surface area contributed by atoms with Gasteiger partial charge in [-0.25, -0.2) is 4.98 Å². The first-order valence-electron chi connectivity index (χ1n) is 8.81. The van der Waals surface area contributed by atoms with E-state index in [1.807, 2.05) is 61.5 Å². The van der Waals surface area contributed by atoms with Crippen LogP contribution >= 0.6 is 0 Å². The predicted molar refractivity (Wildman–Crippen MR) is 110 cm³/mol. The summed E-state index contributed by atoms with van der Waals surface area (Å²) in [6.07, 6.45) is 4.30. The highest BCUT2D eigenvalue weighted by molar-refractivity contribution is 5.89. The summed E-state index contributed by atoms with van der Waals surface area (Å²) < 4.78 is 0. The molecule has 0 aliphatic heterocycles. The lowest BCUT2D eigenvalue weighted by Gasteiger charge is -2.12. The van der Waals surface area contributed by atoms with Gasteiger partial charge >= 0.3 is 0 Å². The zero-order valence-corrected chi connectivity index (χ0v) is 15.3. The second kappa shape index (κ2) is 8.76. The van der Waals surface area contributed by atoms with Crippen LogP contribution in [0.5, 0.6) is 0 Å². The molecule has 5 nitrogen and oxygen atoms in total. The van der Waals surface area contributed by atoms with E-state index in [4.69, 9.17) is 0 Å². The van der Waals surface area contributed by atoms with Crippen molar-refractivity contribution in [2.45, 2.75) is 19.8 Å². The highest BCUT2D eigenvalue weighted by Crippen LogP contribution is 2.22. The fourth-order valence-corrected chi connectivity index (χ4v) is 2.59. The molecule has 0 bridgehead atoms. The number of anilines is 4. The Morgan fingerprint density at radius 3 is 2.63 bits per heavy atom. The van der Waals surface area contributed by atoms with Gasteiger partial charge in [0.2, 0.25) is 5.95 Å². The van der Waals surface area contributed by atoms with Crippen LogP contribution in [0.25, 0.3) is 0 Å². The number of nitrogens with one attached hydrogen (secondary N) is 2. The number of ketones is 1. The topological polar surface area (TPSA) is 66.9 Å². The smallest absolute Gasteiger partial charge is 0.229 e. The number of allylic oxidation sites excluding steroid dienone is 1. The van der Waals surface area contributed by atoms with E-state index in [-0.39, 0.29) is 5.78 Å². The summed E-state index contributed by atoms with van der Waals surface area (Å²) in [6, 6.07) is 17.8. The Hall–Kier alpha value is -3.47. The molecule has 3 aromatic rings. The van der Waals surface area contributed by atoms with Crippen LogP contribution in [0.15, 0.2) is 73.4 Å². The molecule has 0 saturated heterocycles. The summed E-state index contributed by atoms with van der Waals surface area (Å²) in [5.74, 6) is 1.32. The van der Waals surface area contributed by atoms with Crippen molar-refractivity contribution in [3.8, 4) is 0 Å². The number of benzene rings is 2. The van der Waals surface area contributed by atoms with Gasteiger partial charge < -0.3 is 10.6 Å². The molecule has 1 heterocycles. The Balaban J connectivity index is 1.74. The second-order valence-electron chi connectivity index (χ2n) is 6.21. The number of carbonyl (C=O) groups is 1. The van der Waals surface area contributed by atoms with E-state index in [2.05, 4.69) is 27.2 Å². The van der Waals surface area contributed by atoms with Gasteiger partial charge in [0, 0.05) is 29.6 Å². The zero-order chi connectivity index (χ0) is 19.1. The Bertz CT molecular complexity index is 938. The van der Waals surface area contributed by atoms with Gasteiger partial charge in [-0.1, -0.05) is 36.9 Å². The minimum Gasteiger partial charge on any atom is -0.340 e. The normalized spacial score (nSPS) is 10.3. The molecular weight excluding hydrogens is 336 g/mol. The molecule has 2 aromatic carbocycles.